The topological polar surface area (TPSA) is 107 Å². The van der Waals surface area contributed by atoms with E-state index in [9.17, 15) is 14.4 Å². The number of nitrogens with one attached hydrogen (secondary N) is 1. The van der Waals surface area contributed by atoms with Crippen LogP contribution in [-0.2, 0) is 28.5 Å². The number of esters is 1. The fourth-order valence-corrected chi connectivity index (χ4v) is 5.48. The molecule has 194 valence electrons. The predicted molar refractivity (Wildman–Crippen MR) is 124 cm³/mol. The van der Waals surface area contributed by atoms with E-state index in [0.29, 0.717) is 26.1 Å². The van der Waals surface area contributed by atoms with Crippen molar-refractivity contribution in [1.29, 1.82) is 0 Å². The van der Waals surface area contributed by atoms with Crippen molar-refractivity contribution >= 4 is 18.0 Å². The first-order valence-electron chi connectivity index (χ1n) is 12.2. The Hall–Kier alpha value is -1.91. The van der Waals surface area contributed by atoms with Crippen LogP contribution in [0, 0.1) is 5.92 Å². The molecule has 3 aliphatic rings. The summed E-state index contributed by atoms with van der Waals surface area (Å²) in [6.45, 7) is 6.51. The minimum atomic E-state index is -0.776. The second-order valence-corrected chi connectivity index (χ2v) is 10.7. The van der Waals surface area contributed by atoms with E-state index in [1.54, 1.807) is 39.9 Å². The van der Waals surface area contributed by atoms with Crippen molar-refractivity contribution in [3.63, 3.8) is 0 Å². The van der Waals surface area contributed by atoms with E-state index < -0.39 is 35.5 Å². The summed E-state index contributed by atoms with van der Waals surface area (Å²) < 4.78 is 21.8. The minimum absolute atomic E-state index is 0.00860. The van der Waals surface area contributed by atoms with Crippen LogP contribution in [0.25, 0.3) is 0 Å². The molecule has 3 rings (SSSR count). The number of ether oxygens (including phenoxy) is 4. The average Bonchev–Trinajstić information content (AvgIpc) is 3.18. The molecule has 0 bridgehead atoms. The van der Waals surface area contributed by atoms with Gasteiger partial charge in [-0.25, -0.2) is 9.59 Å². The monoisotopic (exact) mass is 483 g/mol. The van der Waals surface area contributed by atoms with E-state index in [0.717, 1.165) is 32.1 Å². The van der Waals surface area contributed by atoms with Gasteiger partial charge >= 0.3 is 12.1 Å². The van der Waals surface area contributed by atoms with Gasteiger partial charge in [0, 0.05) is 39.8 Å². The van der Waals surface area contributed by atoms with Crippen LogP contribution in [-0.4, -0.2) is 98.2 Å². The Bertz CT molecular complexity index is 743. The van der Waals surface area contributed by atoms with Gasteiger partial charge in [-0.1, -0.05) is 19.3 Å². The van der Waals surface area contributed by atoms with Crippen LogP contribution in [0.4, 0.5) is 4.79 Å². The second kappa shape index (κ2) is 10.8. The molecule has 0 radical (unpaired) electrons. The predicted octanol–water partition coefficient (Wildman–Crippen LogP) is 1.91. The average molecular weight is 484 g/mol. The maximum absolute atomic E-state index is 14.0. The molecule has 2 aliphatic heterocycles. The number of carbonyl (C=O) groups excluding carboxylic acids is 3. The highest BCUT2D eigenvalue weighted by molar-refractivity contribution is 5.90. The molecule has 0 unspecified atom stereocenters. The zero-order valence-corrected chi connectivity index (χ0v) is 21.4. The standard InChI is InChI=1S/C24H41N3O7/c1-23(2,3)34-22(30)25-19(16-10-8-7-9-11-16)20(28)27-13-17-12-24(32-5,33-6)15-26(17)14-18(27)21(29)31-4/h16-19H,7-15H2,1-6H3,(H,25,30)/t17-,18+,19+/m1/s1. The van der Waals surface area contributed by atoms with Gasteiger partial charge in [-0.2, -0.15) is 0 Å². The minimum Gasteiger partial charge on any atom is -0.467 e. The number of carbonyl (C=O) groups is 3. The highest BCUT2D eigenvalue weighted by Gasteiger charge is 2.52. The molecule has 1 aliphatic carbocycles. The molecule has 2 saturated heterocycles. The lowest BCUT2D eigenvalue weighted by Crippen LogP contribution is -2.65. The molecule has 1 saturated carbocycles. The first kappa shape index (κ1) is 26.7. The van der Waals surface area contributed by atoms with E-state index in [4.69, 9.17) is 18.9 Å². The van der Waals surface area contributed by atoms with E-state index in [1.165, 1.54) is 7.11 Å². The van der Waals surface area contributed by atoms with Crippen molar-refractivity contribution in [3.8, 4) is 0 Å². The second-order valence-electron chi connectivity index (χ2n) is 10.7. The summed E-state index contributed by atoms with van der Waals surface area (Å²) in [4.78, 5) is 43.1. The van der Waals surface area contributed by atoms with Crippen molar-refractivity contribution < 1.29 is 33.3 Å². The Morgan fingerprint density at radius 2 is 1.65 bits per heavy atom. The summed E-state index contributed by atoms with van der Waals surface area (Å²) in [5.74, 6) is -1.52. The number of methoxy groups -OCH3 is 3. The van der Waals surface area contributed by atoms with E-state index in [-0.39, 0.29) is 17.9 Å². The fraction of sp³-hybridized carbons (Fsp3) is 0.875. The van der Waals surface area contributed by atoms with Crippen LogP contribution < -0.4 is 5.32 Å². The van der Waals surface area contributed by atoms with Crippen molar-refractivity contribution in [2.75, 3.05) is 41.0 Å². The normalized spacial score (nSPS) is 26.5. The molecule has 1 N–H and O–H groups in total. The Morgan fingerprint density at radius 1 is 1.00 bits per heavy atom. The summed E-state index contributed by atoms with van der Waals surface area (Å²) in [5, 5.41) is 2.85. The van der Waals surface area contributed by atoms with Crippen molar-refractivity contribution in [1.82, 2.24) is 15.1 Å². The Kier molecular flexibility index (Phi) is 8.47. The molecular weight excluding hydrogens is 442 g/mol. The van der Waals surface area contributed by atoms with Crippen LogP contribution >= 0.6 is 0 Å². The summed E-state index contributed by atoms with van der Waals surface area (Å²) in [6.07, 6.45) is 4.76. The number of rotatable bonds is 6. The van der Waals surface area contributed by atoms with Gasteiger partial charge in [0.25, 0.3) is 0 Å². The number of hydrogen-bond acceptors (Lipinski definition) is 8. The van der Waals surface area contributed by atoms with Gasteiger partial charge in [-0.15, -0.1) is 0 Å². The van der Waals surface area contributed by atoms with E-state index in [2.05, 4.69) is 10.2 Å². The van der Waals surface area contributed by atoms with Crippen LogP contribution in [0.2, 0.25) is 0 Å². The number of fused-ring (bicyclic) bond motifs is 1. The molecule has 0 aromatic rings. The van der Waals surface area contributed by atoms with Gasteiger partial charge in [-0.05, 0) is 39.5 Å². The molecule has 3 atom stereocenters. The highest BCUT2D eigenvalue weighted by atomic mass is 16.7. The molecule has 34 heavy (non-hydrogen) atoms. The highest BCUT2D eigenvalue weighted by Crippen LogP contribution is 2.35. The number of amides is 2. The summed E-state index contributed by atoms with van der Waals surface area (Å²) in [6, 6.07) is -1.56. The fourth-order valence-electron chi connectivity index (χ4n) is 5.48. The molecule has 0 spiro atoms. The maximum Gasteiger partial charge on any atom is 0.408 e. The molecule has 0 aromatic carbocycles. The smallest absolute Gasteiger partial charge is 0.408 e. The molecular formula is C24H41N3O7. The summed E-state index contributed by atoms with van der Waals surface area (Å²) >= 11 is 0. The lowest BCUT2D eigenvalue weighted by atomic mass is 9.83. The molecule has 10 heteroatoms. The first-order valence-corrected chi connectivity index (χ1v) is 12.2. The molecule has 0 aromatic heterocycles. The van der Waals surface area contributed by atoms with Crippen molar-refractivity contribution in [2.45, 2.75) is 88.8 Å². The lowest BCUT2D eigenvalue weighted by Gasteiger charge is -2.44. The number of nitrogens with zero attached hydrogens (tertiary/aromatic N) is 2. The van der Waals surface area contributed by atoms with E-state index in [1.807, 2.05) is 0 Å². The summed E-state index contributed by atoms with van der Waals surface area (Å²) in [5.41, 5.74) is -0.683. The van der Waals surface area contributed by atoms with Crippen LogP contribution in [0.5, 0.6) is 0 Å². The molecule has 10 nitrogen and oxygen atoms in total. The number of alkyl carbamates (subject to hydrolysis) is 1. The van der Waals surface area contributed by atoms with Crippen LogP contribution in [0.15, 0.2) is 0 Å². The molecule has 2 heterocycles. The first-order chi connectivity index (χ1) is 16.0. The van der Waals surface area contributed by atoms with Gasteiger partial charge in [0.15, 0.2) is 5.79 Å². The Labute approximate surface area is 202 Å². The Morgan fingerprint density at radius 3 is 2.21 bits per heavy atom. The maximum atomic E-state index is 14.0. The number of piperazine rings is 1. The third-order valence-electron chi connectivity index (χ3n) is 7.26. The summed E-state index contributed by atoms with van der Waals surface area (Å²) in [7, 11) is 4.53. The van der Waals surface area contributed by atoms with E-state index >= 15 is 0 Å². The molecule has 2 amide bonds. The van der Waals surface area contributed by atoms with Gasteiger partial charge in [0.05, 0.1) is 13.7 Å². The zero-order valence-electron chi connectivity index (χ0n) is 21.4. The van der Waals surface area contributed by atoms with Gasteiger partial charge < -0.3 is 29.2 Å². The largest absolute Gasteiger partial charge is 0.467 e. The third-order valence-corrected chi connectivity index (χ3v) is 7.26. The van der Waals surface area contributed by atoms with Crippen molar-refractivity contribution in [3.05, 3.63) is 0 Å². The quantitative estimate of drug-likeness (QED) is 0.451. The number of hydrogen-bond donors (Lipinski definition) is 1. The van der Waals surface area contributed by atoms with Gasteiger partial charge in [-0.3, -0.25) is 9.69 Å². The van der Waals surface area contributed by atoms with Gasteiger partial charge in [0.1, 0.15) is 17.7 Å². The SMILES string of the molecule is COC(=O)[C@@H]1CN2CC(OC)(OC)C[C@@H]2CN1C(=O)[C@@H](NC(=O)OC(C)(C)C)C1CCCCC1. The van der Waals surface area contributed by atoms with Crippen LogP contribution in [0.3, 0.4) is 0 Å². The van der Waals surface area contributed by atoms with Crippen molar-refractivity contribution in [2.24, 2.45) is 5.92 Å². The third kappa shape index (κ3) is 6.01. The van der Waals surface area contributed by atoms with Gasteiger partial charge in [0.2, 0.25) is 5.91 Å². The molecule has 3 fully saturated rings. The lowest BCUT2D eigenvalue weighted by molar-refractivity contribution is -0.196. The zero-order chi connectivity index (χ0) is 25.1. The van der Waals surface area contributed by atoms with Crippen LogP contribution in [0.1, 0.15) is 59.3 Å². The Balaban J connectivity index is 1.85.